The van der Waals surface area contributed by atoms with Crippen LogP contribution in [0.3, 0.4) is 0 Å². The number of hydrogen-bond acceptors (Lipinski definition) is 6. The SMILES string of the molecule is C[C@@H](Nc1nc(N[C@H](C)C2CC2)nc(-c2cccnc2)n1)C1CC1. The summed E-state index contributed by atoms with van der Waals surface area (Å²) in [6.07, 6.45) is 8.71. The Morgan fingerprint density at radius 2 is 1.50 bits per heavy atom. The molecule has 2 aromatic rings. The van der Waals surface area contributed by atoms with E-state index in [1.54, 1.807) is 12.4 Å². The molecule has 6 nitrogen and oxygen atoms in total. The standard InChI is InChI=1S/C18H24N6/c1-11(13-5-6-13)20-17-22-16(15-4-3-9-19-10-15)23-18(24-17)21-12(2)14-7-8-14/h3-4,9-14H,5-8H2,1-2H3,(H2,20,21,22,23,24)/t11-,12-/m1/s1. The Balaban J connectivity index is 1.61. The van der Waals surface area contributed by atoms with E-state index >= 15 is 0 Å². The van der Waals surface area contributed by atoms with Crippen LogP contribution >= 0.6 is 0 Å². The number of nitrogens with zero attached hydrogens (tertiary/aromatic N) is 4. The van der Waals surface area contributed by atoms with E-state index in [-0.39, 0.29) is 0 Å². The Bertz CT molecular complexity index is 658. The van der Waals surface area contributed by atoms with Crippen LogP contribution in [0.5, 0.6) is 0 Å². The lowest BCUT2D eigenvalue weighted by Gasteiger charge is -2.17. The van der Waals surface area contributed by atoms with Crippen LogP contribution in [0.15, 0.2) is 24.5 Å². The van der Waals surface area contributed by atoms with Crippen molar-refractivity contribution < 1.29 is 0 Å². The average Bonchev–Trinajstić information content (AvgIpc) is 3.48. The van der Waals surface area contributed by atoms with Crippen molar-refractivity contribution in [3.63, 3.8) is 0 Å². The summed E-state index contributed by atoms with van der Waals surface area (Å²) in [7, 11) is 0. The lowest BCUT2D eigenvalue weighted by atomic mass is 10.2. The van der Waals surface area contributed by atoms with Gasteiger partial charge in [-0.15, -0.1) is 0 Å². The van der Waals surface area contributed by atoms with Crippen LogP contribution in [-0.2, 0) is 0 Å². The van der Waals surface area contributed by atoms with E-state index in [0.717, 1.165) is 17.4 Å². The maximum Gasteiger partial charge on any atom is 0.228 e. The molecule has 6 heteroatoms. The topological polar surface area (TPSA) is 75.6 Å². The first-order chi connectivity index (χ1) is 11.7. The summed E-state index contributed by atoms with van der Waals surface area (Å²) < 4.78 is 0. The molecular formula is C18H24N6. The molecule has 2 saturated carbocycles. The van der Waals surface area contributed by atoms with Crippen LogP contribution in [0.1, 0.15) is 39.5 Å². The Hall–Kier alpha value is -2.24. The van der Waals surface area contributed by atoms with Gasteiger partial charge in [-0.25, -0.2) is 0 Å². The van der Waals surface area contributed by atoms with E-state index in [4.69, 9.17) is 0 Å². The fourth-order valence-electron chi connectivity index (χ4n) is 2.96. The molecule has 2 N–H and O–H groups in total. The summed E-state index contributed by atoms with van der Waals surface area (Å²) in [6.45, 7) is 4.40. The third kappa shape index (κ3) is 3.63. The van der Waals surface area contributed by atoms with Crippen molar-refractivity contribution in [1.82, 2.24) is 19.9 Å². The second kappa shape index (κ2) is 6.34. The molecule has 0 bridgehead atoms. The van der Waals surface area contributed by atoms with Gasteiger partial charge >= 0.3 is 0 Å². The number of nitrogens with one attached hydrogen (secondary N) is 2. The van der Waals surface area contributed by atoms with Crippen molar-refractivity contribution in [2.24, 2.45) is 11.8 Å². The van der Waals surface area contributed by atoms with Gasteiger partial charge in [-0.1, -0.05) is 0 Å². The molecule has 0 unspecified atom stereocenters. The Labute approximate surface area is 142 Å². The minimum absolute atomic E-state index is 0.392. The number of rotatable bonds is 7. The highest BCUT2D eigenvalue weighted by Gasteiger charge is 2.30. The molecule has 2 aliphatic carbocycles. The molecule has 24 heavy (non-hydrogen) atoms. The van der Waals surface area contributed by atoms with Crippen LogP contribution in [-0.4, -0.2) is 32.0 Å². The van der Waals surface area contributed by atoms with Crippen LogP contribution in [0.25, 0.3) is 11.4 Å². The summed E-state index contributed by atoms with van der Waals surface area (Å²) in [5.74, 6) is 3.44. The fourth-order valence-corrected chi connectivity index (χ4v) is 2.96. The first-order valence-corrected chi connectivity index (χ1v) is 8.88. The second-order valence-corrected chi connectivity index (χ2v) is 7.09. The highest BCUT2D eigenvalue weighted by Crippen LogP contribution is 2.35. The van der Waals surface area contributed by atoms with Gasteiger partial charge in [0.1, 0.15) is 0 Å². The predicted molar refractivity (Wildman–Crippen MR) is 94.7 cm³/mol. The Kier molecular flexibility index (Phi) is 4.04. The minimum Gasteiger partial charge on any atom is -0.351 e. The Morgan fingerprint density at radius 3 is 1.96 bits per heavy atom. The summed E-state index contributed by atoms with van der Waals surface area (Å²) in [6, 6.07) is 4.66. The first-order valence-electron chi connectivity index (χ1n) is 8.88. The van der Waals surface area contributed by atoms with Gasteiger partial charge in [0, 0.05) is 30.0 Å². The molecule has 4 rings (SSSR count). The van der Waals surface area contributed by atoms with Gasteiger partial charge in [-0.2, -0.15) is 15.0 Å². The van der Waals surface area contributed by atoms with E-state index < -0.39 is 0 Å². The quantitative estimate of drug-likeness (QED) is 0.813. The predicted octanol–water partition coefficient (Wildman–Crippen LogP) is 3.35. The molecule has 0 spiro atoms. The maximum atomic E-state index is 4.61. The number of aromatic nitrogens is 4. The van der Waals surface area contributed by atoms with E-state index in [9.17, 15) is 0 Å². The summed E-state index contributed by atoms with van der Waals surface area (Å²) in [4.78, 5) is 18.0. The highest BCUT2D eigenvalue weighted by molar-refractivity contribution is 5.56. The molecule has 0 aliphatic heterocycles. The van der Waals surface area contributed by atoms with Crippen molar-refractivity contribution in [2.75, 3.05) is 10.6 Å². The van der Waals surface area contributed by atoms with Gasteiger partial charge < -0.3 is 10.6 Å². The smallest absolute Gasteiger partial charge is 0.228 e. The molecule has 2 aliphatic rings. The molecule has 2 atom stereocenters. The van der Waals surface area contributed by atoms with Gasteiger partial charge in [0.05, 0.1) is 0 Å². The van der Waals surface area contributed by atoms with Crippen LogP contribution in [0.2, 0.25) is 0 Å². The molecule has 0 aromatic carbocycles. The zero-order valence-electron chi connectivity index (χ0n) is 14.2. The van der Waals surface area contributed by atoms with Crippen molar-refractivity contribution in [2.45, 2.75) is 51.6 Å². The summed E-state index contributed by atoms with van der Waals surface area (Å²) in [5.41, 5.74) is 0.907. The van der Waals surface area contributed by atoms with Gasteiger partial charge in [0.15, 0.2) is 5.82 Å². The lowest BCUT2D eigenvalue weighted by molar-refractivity contribution is 0.676. The zero-order chi connectivity index (χ0) is 16.5. The highest BCUT2D eigenvalue weighted by atomic mass is 15.2. The van der Waals surface area contributed by atoms with E-state index in [1.807, 2.05) is 12.1 Å². The number of anilines is 2. The first kappa shape index (κ1) is 15.3. The second-order valence-electron chi connectivity index (χ2n) is 7.09. The normalized spacial score (nSPS) is 19.6. The maximum absolute atomic E-state index is 4.61. The van der Waals surface area contributed by atoms with Crippen LogP contribution in [0, 0.1) is 11.8 Å². The molecular weight excluding hydrogens is 300 g/mol. The minimum atomic E-state index is 0.392. The van der Waals surface area contributed by atoms with Gasteiger partial charge in [0.25, 0.3) is 0 Å². The van der Waals surface area contributed by atoms with Gasteiger partial charge in [0.2, 0.25) is 11.9 Å². The van der Waals surface area contributed by atoms with Crippen molar-refractivity contribution in [1.29, 1.82) is 0 Å². The van der Waals surface area contributed by atoms with E-state index in [0.29, 0.717) is 29.8 Å². The van der Waals surface area contributed by atoms with Crippen molar-refractivity contribution >= 4 is 11.9 Å². The van der Waals surface area contributed by atoms with Crippen LogP contribution in [0.4, 0.5) is 11.9 Å². The van der Waals surface area contributed by atoms with Crippen molar-refractivity contribution in [3.05, 3.63) is 24.5 Å². The number of hydrogen-bond donors (Lipinski definition) is 2. The van der Waals surface area contributed by atoms with Crippen molar-refractivity contribution in [3.8, 4) is 11.4 Å². The monoisotopic (exact) mass is 324 g/mol. The zero-order valence-corrected chi connectivity index (χ0v) is 14.2. The third-order valence-electron chi connectivity index (χ3n) is 4.93. The average molecular weight is 324 g/mol. The molecule has 126 valence electrons. The third-order valence-corrected chi connectivity index (χ3v) is 4.93. The van der Waals surface area contributed by atoms with Gasteiger partial charge in [-0.05, 0) is 63.5 Å². The Morgan fingerprint density at radius 1 is 0.917 bits per heavy atom. The molecule has 0 saturated heterocycles. The van der Waals surface area contributed by atoms with E-state index in [2.05, 4.69) is 44.4 Å². The van der Waals surface area contributed by atoms with E-state index in [1.165, 1.54) is 25.7 Å². The molecule has 2 aromatic heterocycles. The van der Waals surface area contributed by atoms with Gasteiger partial charge in [-0.3, -0.25) is 4.98 Å². The molecule has 0 amide bonds. The lowest BCUT2D eigenvalue weighted by Crippen LogP contribution is -2.23. The largest absolute Gasteiger partial charge is 0.351 e. The summed E-state index contributed by atoms with van der Waals surface area (Å²) in [5, 5.41) is 6.90. The molecule has 2 fully saturated rings. The molecule has 0 radical (unpaired) electrons. The summed E-state index contributed by atoms with van der Waals surface area (Å²) >= 11 is 0. The number of pyridine rings is 1. The van der Waals surface area contributed by atoms with Crippen LogP contribution < -0.4 is 10.6 Å². The fraction of sp³-hybridized carbons (Fsp3) is 0.556. The molecule has 2 heterocycles.